The van der Waals surface area contributed by atoms with Crippen molar-refractivity contribution in [3.05, 3.63) is 135 Å². The third kappa shape index (κ3) is 4.17. The monoisotopic (exact) mass is 473 g/mol. The Morgan fingerprint density at radius 2 is 1.31 bits per heavy atom. The number of anilines is 1. The number of hydrogen-bond acceptors (Lipinski definition) is 4. The minimum atomic E-state index is -0.381. The fraction of sp³-hybridized carbons (Fsp3) is 0.194. The maximum absolute atomic E-state index is 11.0. The van der Waals surface area contributed by atoms with Crippen LogP contribution < -0.4 is 4.90 Å². The molecule has 0 N–H and O–H groups in total. The molecule has 0 radical (unpaired) electrons. The van der Waals surface area contributed by atoms with Crippen LogP contribution in [0.2, 0.25) is 0 Å². The lowest BCUT2D eigenvalue weighted by Crippen LogP contribution is -2.37. The number of nitro benzene ring substituents is 1. The first-order valence-electron chi connectivity index (χ1n) is 12.5. The first-order valence-corrected chi connectivity index (χ1v) is 12.5. The van der Waals surface area contributed by atoms with Crippen molar-refractivity contribution in [3.63, 3.8) is 0 Å². The van der Waals surface area contributed by atoms with Crippen molar-refractivity contribution in [1.82, 2.24) is 0 Å². The number of benzene rings is 4. The molecule has 0 bridgehead atoms. The van der Waals surface area contributed by atoms with Crippen LogP contribution >= 0.6 is 0 Å². The third-order valence-corrected chi connectivity index (χ3v) is 7.47. The molecule has 2 heterocycles. The summed E-state index contributed by atoms with van der Waals surface area (Å²) in [5.74, 6) is 0.667. The van der Waals surface area contributed by atoms with Gasteiger partial charge in [0.05, 0.1) is 10.6 Å². The first-order chi connectivity index (χ1) is 17.7. The SMILES string of the molecule is O=[N+]([O-])c1ccc(C=Nc2cc3c4c(c2)[C@H](c2ccccc2)CCN4CC[C@@H]3c2ccccc2)cc1. The highest BCUT2D eigenvalue weighted by Crippen LogP contribution is 2.49. The first kappa shape index (κ1) is 22.2. The van der Waals surface area contributed by atoms with Gasteiger partial charge in [0.2, 0.25) is 0 Å². The van der Waals surface area contributed by atoms with E-state index in [1.807, 2.05) is 0 Å². The summed E-state index contributed by atoms with van der Waals surface area (Å²) in [5, 5.41) is 11.0. The van der Waals surface area contributed by atoms with Crippen LogP contribution in [0.15, 0.2) is 102 Å². The van der Waals surface area contributed by atoms with Crippen molar-refractivity contribution >= 4 is 23.3 Å². The molecule has 5 heteroatoms. The lowest BCUT2D eigenvalue weighted by molar-refractivity contribution is -0.384. The largest absolute Gasteiger partial charge is 0.371 e. The van der Waals surface area contributed by atoms with Gasteiger partial charge in [0, 0.05) is 49.0 Å². The smallest absolute Gasteiger partial charge is 0.269 e. The molecule has 2 atom stereocenters. The second-order valence-electron chi connectivity index (χ2n) is 9.57. The molecule has 4 aromatic carbocycles. The highest BCUT2D eigenvalue weighted by molar-refractivity contribution is 5.83. The van der Waals surface area contributed by atoms with Gasteiger partial charge in [0.25, 0.3) is 5.69 Å². The number of rotatable bonds is 5. The van der Waals surface area contributed by atoms with Crippen LogP contribution in [-0.2, 0) is 0 Å². The second kappa shape index (κ2) is 9.42. The maximum Gasteiger partial charge on any atom is 0.269 e. The Balaban J connectivity index is 1.46. The van der Waals surface area contributed by atoms with E-state index in [9.17, 15) is 10.1 Å². The summed E-state index contributed by atoms with van der Waals surface area (Å²) in [6.45, 7) is 2.12. The summed E-state index contributed by atoms with van der Waals surface area (Å²) in [6, 6.07) is 32.6. The molecule has 0 saturated carbocycles. The molecule has 0 unspecified atom stereocenters. The molecule has 0 amide bonds. The van der Waals surface area contributed by atoms with Gasteiger partial charge in [-0.1, -0.05) is 60.7 Å². The summed E-state index contributed by atoms with van der Waals surface area (Å²) in [6.07, 6.45) is 3.97. The zero-order valence-corrected chi connectivity index (χ0v) is 20.0. The molecule has 178 valence electrons. The Morgan fingerprint density at radius 1 is 0.778 bits per heavy atom. The fourth-order valence-corrected chi connectivity index (χ4v) is 5.75. The van der Waals surface area contributed by atoms with Gasteiger partial charge in [-0.15, -0.1) is 0 Å². The highest BCUT2D eigenvalue weighted by Gasteiger charge is 2.35. The average Bonchev–Trinajstić information content (AvgIpc) is 2.93. The van der Waals surface area contributed by atoms with Crippen LogP contribution in [0.3, 0.4) is 0 Å². The molecule has 0 saturated heterocycles. The third-order valence-electron chi connectivity index (χ3n) is 7.47. The van der Waals surface area contributed by atoms with Crippen LogP contribution in [0, 0.1) is 10.1 Å². The van der Waals surface area contributed by atoms with Crippen molar-refractivity contribution in [2.45, 2.75) is 24.7 Å². The Kier molecular flexibility index (Phi) is 5.82. The maximum atomic E-state index is 11.0. The minimum Gasteiger partial charge on any atom is -0.371 e. The van der Waals surface area contributed by atoms with Gasteiger partial charge in [0.1, 0.15) is 0 Å². The summed E-state index contributed by atoms with van der Waals surface area (Å²) in [5.41, 5.74) is 8.62. The van der Waals surface area contributed by atoms with E-state index in [1.54, 1.807) is 18.3 Å². The summed E-state index contributed by atoms with van der Waals surface area (Å²) in [7, 11) is 0. The van der Waals surface area contributed by atoms with E-state index in [1.165, 1.54) is 40.1 Å². The van der Waals surface area contributed by atoms with Crippen molar-refractivity contribution in [3.8, 4) is 0 Å². The average molecular weight is 474 g/mol. The van der Waals surface area contributed by atoms with E-state index in [2.05, 4.69) is 77.7 Å². The second-order valence-corrected chi connectivity index (χ2v) is 9.57. The van der Waals surface area contributed by atoms with Crippen LogP contribution in [-0.4, -0.2) is 24.2 Å². The summed E-state index contributed by atoms with van der Waals surface area (Å²) in [4.78, 5) is 18.0. The molecule has 2 aliphatic heterocycles. The van der Waals surface area contributed by atoms with Crippen LogP contribution in [0.5, 0.6) is 0 Å². The molecule has 0 aliphatic carbocycles. The van der Waals surface area contributed by atoms with Crippen LogP contribution in [0.1, 0.15) is 52.5 Å². The molecule has 6 rings (SSSR count). The highest BCUT2D eigenvalue weighted by atomic mass is 16.6. The predicted molar refractivity (Wildman–Crippen MR) is 145 cm³/mol. The molecule has 0 aromatic heterocycles. The lowest BCUT2D eigenvalue weighted by Gasteiger charge is -2.43. The normalized spacial score (nSPS) is 18.7. The van der Waals surface area contributed by atoms with Gasteiger partial charge in [0.15, 0.2) is 0 Å². The quantitative estimate of drug-likeness (QED) is 0.175. The van der Waals surface area contributed by atoms with Gasteiger partial charge >= 0.3 is 0 Å². The molecule has 4 aromatic rings. The molecule has 0 spiro atoms. The Bertz CT molecular complexity index is 1340. The van der Waals surface area contributed by atoms with Gasteiger partial charge in [-0.25, -0.2) is 0 Å². The van der Waals surface area contributed by atoms with E-state index in [4.69, 9.17) is 4.99 Å². The Morgan fingerprint density at radius 3 is 1.81 bits per heavy atom. The van der Waals surface area contributed by atoms with E-state index in [0.717, 1.165) is 37.2 Å². The zero-order valence-electron chi connectivity index (χ0n) is 20.0. The fourth-order valence-electron chi connectivity index (χ4n) is 5.75. The standard InChI is InChI=1S/C31H27N3O2/c35-34(36)26-13-11-22(12-14-26)21-32-25-19-29-27(23-7-3-1-4-8-23)15-17-33-18-16-28(30(20-25)31(29)33)24-9-5-2-6-10-24/h1-14,19-21,27-28H,15-18H2/t27-,28+. The van der Waals surface area contributed by atoms with Gasteiger partial charge in [-0.05, 0) is 64.9 Å². The lowest BCUT2D eigenvalue weighted by atomic mass is 9.76. The molecular weight excluding hydrogens is 446 g/mol. The molecule has 36 heavy (non-hydrogen) atoms. The number of hydrogen-bond donors (Lipinski definition) is 0. The van der Waals surface area contributed by atoms with Gasteiger partial charge in [-0.2, -0.15) is 0 Å². The van der Waals surface area contributed by atoms with E-state index in [-0.39, 0.29) is 10.6 Å². The summed E-state index contributed by atoms with van der Waals surface area (Å²) >= 11 is 0. The van der Waals surface area contributed by atoms with E-state index < -0.39 is 0 Å². The van der Waals surface area contributed by atoms with E-state index in [0.29, 0.717) is 11.8 Å². The van der Waals surface area contributed by atoms with Crippen LogP contribution in [0.25, 0.3) is 0 Å². The zero-order chi connectivity index (χ0) is 24.5. The van der Waals surface area contributed by atoms with Gasteiger partial charge in [-0.3, -0.25) is 15.1 Å². The molecule has 0 fully saturated rings. The number of aliphatic imine (C=N–C) groups is 1. The van der Waals surface area contributed by atoms with Crippen molar-refractivity contribution < 1.29 is 4.92 Å². The van der Waals surface area contributed by atoms with Crippen molar-refractivity contribution in [1.29, 1.82) is 0 Å². The van der Waals surface area contributed by atoms with Crippen molar-refractivity contribution in [2.24, 2.45) is 4.99 Å². The molecule has 5 nitrogen and oxygen atoms in total. The number of nitrogens with zero attached hydrogens (tertiary/aromatic N) is 3. The van der Waals surface area contributed by atoms with Gasteiger partial charge < -0.3 is 4.90 Å². The topological polar surface area (TPSA) is 58.7 Å². The minimum absolute atomic E-state index is 0.0851. The van der Waals surface area contributed by atoms with Crippen molar-refractivity contribution in [2.75, 3.05) is 18.0 Å². The molecule has 2 aliphatic rings. The Hall–Kier alpha value is -4.25. The van der Waals surface area contributed by atoms with Crippen LogP contribution in [0.4, 0.5) is 17.1 Å². The number of nitro groups is 1. The summed E-state index contributed by atoms with van der Waals surface area (Å²) < 4.78 is 0. The predicted octanol–water partition coefficient (Wildman–Crippen LogP) is 7.22. The Labute approximate surface area is 210 Å². The number of non-ortho nitro benzene ring substituents is 1. The van der Waals surface area contributed by atoms with E-state index >= 15 is 0 Å². The molecular formula is C31H27N3O2.